The highest BCUT2D eigenvalue weighted by atomic mass is 32.2. The smallest absolute Gasteiger partial charge is 0.253 e. The number of β-lactam (4-membered cyclic amide) rings is 1. The molecule has 10 heteroatoms. The molecule has 2 aliphatic rings. The number of fused-ring (bicyclic) bond motifs is 1. The largest absolute Gasteiger partial charge is 0.469 e. The van der Waals surface area contributed by atoms with E-state index in [2.05, 4.69) is 14.7 Å². The molecule has 0 unspecified atom stereocenters. The maximum atomic E-state index is 13.6. The average Bonchev–Trinajstić information content (AvgIpc) is 3.54. The Bertz CT molecular complexity index is 1510. The van der Waals surface area contributed by atoms with Crippen LogP contribution < -0.4 is 5.32 Å². The summed E-state index contributed by atoms with van der Waals surface area (Å²) < 4.78 is 10.7. The quantitative estimate of drug-likeness (QED) is 0.230. The molecule has 2 amide bonds. The second kappa shape index (κ2) is 11.7. The van der Waals surface area contributed by atoms with Gasteiger partial charge in [0.05, 0.1) is 6.42 Å². The highest BCUT2D eigenvalue weighted by Crippen LogP contribution is 2.44. The number of hydrogen-bond donors (Lipinski definition) is 1. The first-order valence-corrected chi connectivity index (χ1v) is 14.9. The fourth-order valence-corrected chi connectivity index (χ4v) is 7.15. The summed E-state index contributed by atoms with van der Waals surface area (Å²) in [6.45, 7) is 0. The third kappa shape index (κ3) is 5.30. The minimum Gasteiger partial charge on any atom is -0.469 e. The maximum Gasteiger partial charge on any atom is 0.253 e. The van der Waals surface area contributed by atoms with E-state index in [0.717, 1.165) is 22.3 Å². The summed E-state index contributed by atoms with van der Waals surface area (Å²) >= 11 is 8.73. The van der Waals surface area contributed by atoms with Gasteiger partial charge in [-0.25, -0.2) is 4.98 Å². The first kappa shape index (κ1) is 26.4. The van der Waals surface area contributed by atoms with Crippen molar-refractivity contribution in [1.82, 2.24) is 19.6 Å². The molecule has 0 spiro atoms. The average molecular weight is 585 g/mol. The monoisotopic (exact) mass is 584 g/mol. The Hall–Kier alpha value is -3.86. The normalized spacial score (nSPS) is 18.2. The second-order valence-corrected chi connectivity index (χ2v) is 11.6. The summed E-state index contributed by atoms with van der Waals surface area (Å²) in [5, 5.41) is 3.53. The van der Waals surface area contributed by atoms with Crippen LogP contribution in [0.15, 0.2) is 103 Å². The zero-order valence-corrected chi connectivity index (χ0v) is 23.6. The molecule has 2 aliphatic heterocycles. The predicted molar refractivity (Wildman–Crippen MR) is 160 cm³/mol. The lowest BCUT2D eigenvalue weighted by molar-refractivity contribution is -0.145. The van der Waals surface area contributed by atoms with Gasteiger partial charge in [-0.05, 0) is 40.4 Å². The molecule has 0 aliphatic carbocycles. The van der Waals surface area contributed by atoms with Gasteiger partial charge in [0.25, 0.3) is 5.91 Å². The van der Waals surface area contributed by atoms with Gasteiger partial charge in [-0.2, -0.15) is 4.37 Å². The van der Waals surface area contributed by atoms with Crippen molar-refractivity contribution in [1.29, 1.82) is 0 Å². The zero-order valence-electron chi connectivity index (χ0n) is 21.2. The van der Waals surface area contributed by atoms with E-state index in [4.69, 9.17) is 17.0 Å². The minimum atomic E-state index is -0.644. The third-order valence-corrected chi connectivity index (χ3v) is 9.03. The van der Waals surface area contributed by atoms with Gasteiger partial charge in [-0.15, -0.1) is 11.8 Å². The summed E-state index contributed by atoms with van der Waals surface area (Å²) in [7, 11) is 0. The Morgan fingerprint density at radius 1 is 1.00 bits per heavy atom. The molecule has 40 heavy (non-hydrogen) atoms. The predicted octanol–water partition coefficient (Wildman–Crippen LogP) is 5.03. The van der Waals surface area contributed by atoms with Crippen LogP contribution in [-0.4, -0.2) is 48.3 Å². The van der Waals surface area contributed by atoms with Gasteiger partial charge in [0.2, 0.25) is 11.0 Å². The number of benzene rings is 3. The molecule has 3 aromatic carbocycles. The molecule has 0 bridgehead atoms. The molecule has 200 valence electrons. The Morgan fingerprint density at radius 3 is 2.23 bits per heavy atom. The minimum absolute atomic E-state index is 0.197. The Labute approximate surface area is 245 Å². The molecule has 3 heterocycles. The number of rotatable bonds is 8. The lowest BCUT2D eigenvalue weighted by Crippen LogP contribution is -2.70. The van der Waals surface area contributed by atoms with Crippen LogP contribution in [0.25, 0.3) is 5.57 Å². The Balaban J connectivity index is 1.28. The van der Waals surface area contributed by atoms with Gasteiger partial charge in [0.1, 0.15) is 34.6 Å². The summed E-state index contributed by atoms with van der Waals surface area (Å²) in [6.07, 6.45) is 1.23. The van der Waals surface area contributed by atoms with E-state index < -0.39 is 12.1 Å². The molecule has 2 atom stereocenters. The van der Waals surface area contributed by atoms with Crippen molar-refractivity contribution in [2.75, 3.05) is 5.75 Å². The molecule has 1 saturated heterocycles. The first-order valence-electron chi connectivity index (χ1n) is 12.7. The van der Waals surface area contributed by atoms with Crippen molar-refractivity contribution in [2.45, 2.75) is 23.9 Å². The summed E-state index contributed by atoms with van der Waals surface area (Å²) in [6, 6.07) is 28.5. The van der Waals surface area contributed by atoms with Gasteiger partial charge < -0.3 is 10.1 Å². The van der Waals surface area contributed by atoms with Gasteiger partial charge in [-0.3, -0.25) is 14.5 Å². The first-order chi connectivity index (χ1) is 19.6. The highest BCUT2D eigenvalue weighted by Gasteiger charge is 2.54. The fraction of sp³-hybridized carbons (Fsp3) is 0.167. The molecule has 4 aromatic rings. The molecule has 1 fully saturated rings. The van der Waals surface area contributed by atoms with E-state index in [1.165, 1.54) is 17.9 Å². The number of carbonyl (C=O) groups is 2. The number of nitrogens with one attached hydrogen (secondary N) is 1. The number of thioether (sulfide) groups is 1. The molecule has 6 rings (SSSR count). The zero-order chi connectivity index (χ0) is 27.5. The van der Waals surface area contributed by atoms with Crippen LogP contribution in [0.4, 0.5) is 0 Å². The number of ether oxygens (including phenoxy) is 1. The summed E-state index contributed by atoms with van der Waals surface area (Å²) in [4.78, 5) is 32.4. The number of hydrogen-bond acceptors (Lipinski definition) is 8. The van der Waals surface area contributed by atoms with Crippen molar-refractivity contribution in [3.05, 3.63) is 125 Å². The van der Waals surface area contributed by atoms with Gasteiger partial charge >= 0.3 is 0 Å². The molecular formula is C30H24N4O3S3. The molecule has 1 N–H and O–H groups in total. The molecule has 0 saturated carbocycles. The number of amides is 2. The van der Waals surface area contributed by atoms with Crippen molar-refractivity contribution in [2.24, 2.45) is 0 Å². The van der Waals surface area contributed by atoms with Crippen molar-refractivity contribution < 1.29 is 14.3 Å². The number of carbonyl (C=O) groups excluding carboxylic acids is 2. The van der Waals surface area contributed by atoms with E-state index in [-0.39, 0.29) is 28.7 Å². The standard InChI is InChI=1S/C30H24N4O3S3/c35-23(16-19-10-4-1-5-11-19)33-24-28(36)34-25(22(17-39-29(24)34)27-31-18-32-40-27)30(38)37-26(20-12-6-2-7-13-20)21-14-8-3-9-15-21/h1-15,18,24,26,29H,16-17H2,(H,33,35)/t24-,29-/m1/s1. The van der Waals surface area contributed by atoms with Crippen LogP contribution in [0, 0.1) is 0 Å². The summed E-state index contributed by atoms with van der Waals surface area (Å²) in [5.74, 6) is 0.129. The highest BCUT2D eigenvalue weighted by molar-refractivity contribution is 8.00. The summed E-state index contributed by atoms with van der Waals surface area (Å²) in [5.41, 5.74) is 4.09. The molecule has 7 nitrogen and oxygen atoms in total. The van der Waals surface area contributed by atoms with Crippen molar-refractivity contribution in [3.63, 3.8) is 0 Å². The molecular weight excluding hydrogens is 561 g/mol. The van der Waals surface area contributed by atoms with Crippen molar-refractivity contribution >= 4 is 58.0 Å². The van der Waals surface area contributed by atoms with E-state index in [1.807, 2.05) is 91.0 Å². The lowest BCUT2D eigenvalue weighted by atomic mass is 10.0. The Kier molecular flexibility index (Phi) is 7.72. The molecule has 1 aromatic heterocycles. The Morgan fingerprint density at radius 2 is 1.62 bits per heavy atom. The topological polar surface area (TPSA) is 84.4 Å². The fourth-order valence-electron chi connectivity index (χ4n) is 4.83. The number of nitrogens with zero attached hydrogens (tertiary/aromatic N) is 3. The number of thiocarbonyl (C=S) groups is 1. The maximum absolute atomic E-state index is 13.6. The SMILES string of the molecule is O=C(Cc1ccccc1)N[C@@H]1C(=O)N2C(C(=S)OC(c3ccccc3)c3ccccc3)=C(c3ncns3)CS[C@H]12. The van der Waals surface area contributed by atoms with Gasteiger partial charge in [0.15, 0.2) is 0 Å². The third-order valence-electron chi connectivity index (χ3n) is 6.73. The van der Waals surface area contributed by atoms with Crippen LogP contribution in [0.1, 0.15) is 27.8 Å². The molecule has 0 radical (unpaired) electrons. The lowest BCUT2D eigenvalue weighted by Gasteiger charge is -2.50. The van der Waals surface area contributed by atoms with Crippen LogP contribution in [0.3, 0.4) is 0 Å². The van der Waals surface area contributed by atoms with Crippen LogP contribution in [0.5, 0.6) is 0 Å². The van der Waals surface area contributed by atoms with Crippen LogP contribution in [-0.2, 0) is 20.7 Å². The van der Waals surface area contributed by atoms with Crippen molar-refractivity contribution in [3.8, 4) is 0 Å². The van der Waals surface area contributed by atoms with E-state index in [0.29, 0.717) is 16.5 Å². The second-order valence-electron chi connectivity index (χ2n) is 9.30. The van der Waals surface area contributed by atoms with Gasteiger partial charge in [-0.1, -0.05) is 91.0 Å². The van der Waals surface area contributed by atoms with E-state index in [9.17, 15) is 9.59 Å². The van der Waals surface area contributed by atoms with E-state index in [1.54, 1.807) is 16.7 Å². The van der Waals surface area contributed by atoms with Crippen LogP contribution >= 0.6 is 35.5 Å². The van der Waals surface area contributed by atoms with Gasteiger partial charge in [0, 0.05) is 11.3 Å². The van der Waals surface area contributed by atoms with Crippen LogP contribution in [0.2, 0.25) is 0 Å². The number of aromatic nitrogens is 2. The van der Waals surface area contributed by atoms with E-state index >= 15 is 0 Å².